The van der Waals surface area contributed by atoms with E-state index in [1.807, 2.05) is 6.07 Å². The molecule has 0 aromatic heterocycles. The second-order valence-corrected chi connectivity index (χ2v) is 4.87. The van der Waals surface area contributed by atoms with Gasteiger partial charge in [-0.2, -0.15) is 0 Å². The number of benzene rings is 2. The van der Waals surface area contributed by atoms with Gasteiger partial charge < -0.3 is 16.2 Å². The van der Waals surface area contributed by atoms with Gasteiger partial charge in [-0.25, -0.2) is 0 Å². The van der Waals surface area contributed by atoms with Crippen molar-refractivity contribution in [3.05, 3.63) is 59.7 Å². The van der Waals surface area contributed by atoms with Crippen molar-refractivity contribution in [2.75, 3.05) is 5.32 Å². The number of carbonyl (C=O) groups is 1. The molecule has 0 fully saturated rings. The van der Waals surface area contributed by atoms with Gasteiger partial charge in [0.2, 0.25) is 0 Å². The van der Waals surface area contributed by atoms with E-state index in [0.29, 0.717) is 22.7 Å². The number of nitrogens with one attached hydrogen (secondary N) is 1. The maximum absolute atomic E-state index is 12.1. The highest BCUT2D eigenvalue weighted by Gasteiger charge is 2.07. The van der Waals surface area contributed by atoms with Gasteiger partial charge in [-0.1, -0.05) is 24.4 Å². The maximum Gasteiger partial charge on any atom is 0.255 e. The van der Waals surface area contributed by atoms with Crippen LogP contribution in [0.25, 0.3) is 0 Å². The number of carbonyl (C=O) groups excluding carboxylic acids is 1. The molecule has 0 spiro atoms. The summed E-state index contributed by atoms with van der Waals surface area (Å²) >= 11 is 4.86. The Morgan fingerprint density at radius 3 is 2.55 bits per heavy atom. The topological polar surface area (TPSA) is 75.4 Å². The number of rotatable bonds is 4. The van der Waals surface area contributed by atoms with Gasteiger partial charge in [0, 0.05) is 17.7 Å². The van der Waals surface area contributed by atoms with Crippen molar-refractivity contribution in [2.24, 2.45) is 5.73 Å². The van der Waals surface area contributed by atoms with Gasteiger partial charge in [0.25, 0.3) is 5.91 Å². The fourth-order valence-corrected chi connectivity index (χ4v) is 1.94. The Morgan fingerprint density at radius 2 is 1.90 bits per heavy atom. The van der Waals surface area contributed by atoms with Gasteiger partial charge >= 0.3 is 0 Å². The molecule has 0 saturated heterocycles. The van der Waals surface area contributed by atoms with Crippen molar-refractivity contribution in [1.29, 1.82) is 0 Å². The fourth-order valence-electron chi connectivity index (χ4n) is 1.77. The number of nitrogens with two attached hydrogens (primary N) is 1. The van der Waals surface area contributed by atoms with Crippen LogP contribution in [0.2, 0.25) is 0 Å². The number of hydrogen-bond donors (Lipinski definition) is 3. The Labute approximate surface area is 122 Å². The second kappa shape index (κ2) is 6.16. The van der Waals surface area contributed by atoms with Crippen LogP contribution in [0.15, 0.2) is 48.5 Å². The molecule has 4 nitrogen and oxygen atoms in total. The van der Waals surface area contributed by atoms with E-state index in [4.69, 9.17) is 18.0 Å². The average Bonchev–Trinajstić information content (AvgIpc) is 2.41. The minimum Gasteiger partial charge on any atom is -0.508 e. The summed E-state index contributed by atoms with van der Waals surface area (Å²) in [6, 6.07) is 13.4. The third kappa shape index (κ3) is 3.80. The Morgan fingerprint density at radius 1 is 1.20 bits per heavy atom. The van der Waals surface area contributed by atoms with Crippen molar-refractivity contribution in [2.45, 2.75) is 6.42 Å². The predicted molar refractivity (Wildman–Crippen MR) is 83.0 cm³/mol. The standard InChI is InChI=1S/C15H14N2O2S/c16-14(20)9-10-2-1-3-11(8-10)15(19)17-12-4-6-13(18)7-5-12/h1-8,18H,9H2,(H2,16,20)(H,17,19). The molecule has 0 aliphatic carbocycles. The molecule has 2 rings (SSSR count). The van der Waals surface area contributed by atoms with Gasteiger partial charge in [-0.3, -0.25) is 4.79 Å². The summed E-state index contributed by atoms with van der Waals surface area (Å²) in [6.45, 7) is 0. The lowest BCUT2D eigenvalue weighted by Crippen LogP contribution is -2.14. The molecule has 0 saturated carbocycles. The van der Waals surface area contributed by atoms with Gasteiger partial charge in [0.15, 0.2) is 0 Å². The number of amides is 1. The number of thiocarbonyl (C=S) groups is 1. The Bertz CT molecular complexity index is 639. The molecule has 0 aliphatic rings. The van der Waals surface area contributed by atoms with E-state index in [2.05, 4.69) is 5.32 Å². The fraction of sp³-hybridized carbons (Fsp3) is 0.0667. The number of hydrogen-bond acceptors (Lipinski definition) is 3. The SMILES string of the molecule is NC(=S)Cc1cccc(C(=O)Nc2ccc(O)cc2)c1. The Balaban J connectivity index is 2.12. The van der Waals surface area contributed by atoms with Crippen molar-refractivity contribution < 1.29 is 9.90 Å². The first-order valence-electron chi connectivity index (χ1n) is 6.02. The lowest BCUT2D eigenvalue weighted by molar-refractivity contribution is 0.102. The Kier molecular flexibility index (Phi) is 4.32. The molecular formula is C15H14N2O2S. The molecule has 0 atom stereocenters. The molecule has 2 aromatic carbocycles. The zero-order valence-electron chi connectivity index (χ0n) is 10.7. The normalized spacial score (nSPS) is 10.0. The van der Waals surface area contributed by atoms with Gasteiger partial charge in [-0.15, -0.1) is 0 Å². The summed E-state index contributed by atoms with van der Waals surface area (Å²) in [5.74, 6) is -0.0677. The zero-order valence-corrected chi connectivity index (χ0v) is 11.5. The lowest BCUT2D eigenvalue weighted by atomic mass is 10.1. The highest BCUT2D eigenvalue weighted by atomic mass is 32.1. The van der Waals surface area contributed by atoms with E-state index in [-0.39, 0.29) is 11.7 Å². The van der Waals surface area contributed by atoms with E-state index in [9.17, 15) is 9.90 Å². The first kappa shape index (κ1) is 14.0. The van der Waals surface area contributed by atoms with Crippen LogP contribution in [0.1, 0.15) is 15.9 Å². The summed E-state index contributed by atoms with van der Waals surface area (Å²) in [5, 5.41) is 11.9. The van der Waals surface area contributed by atoms with Gasteiger partial charge in [0.1, 0.15) is 5.75 Å². The molecular weight excluding hydrogens is 272 g/mol. The van der Waals surface area contributed by atoms with Gasteiger partial charge in [0.05, 0.1) is 4.99 Å². The van der Waals surface area contributed by atoms with Crippen LogP contribution in [0.4, 0.5) is 5.69 Å². The third-order valence-electron chi connectivity index (χ3n) is 2.69. The smallest absolute Gasteiger partial charge is 0.255 e. The van der Waals surface area contributed by atoms with E-state index in [1.165, 1.54) is 12.1 Å². The molecule has 5 heteroatoms. The molecule has 4 N–H and O–H groups in total. The average molecular weight is 286 g/mol. The van der Waals surface area contributed by atoms with Crippen LogP contribution in [0.5, 0.6) is 5.75 Å². The van der Waals surface area contributed by atoms with Crippen molar-refractivity contribution in [1.82, 2.24) is 0 Å². The summed E-state index contributed by atoms with van der Waals surface area (Å²) < 4.78 is 0. The van der Waals surface area contributed by atoms with Crippen LogP contribution in [-0.2, 0) is 6.42 Å². The first-order valence-corrected chi connectivity index (χ1v) is 6.43. The van der Waals surface area contributed by atoms with Crippen LogP contribution in [-0.4, -0.2) is 16.0 Å². The minimum absolute atomic E-state index is 0.154. The lowest BCUT2D eigenvalue weighted by Gasteiger charge is -2.07. The molecule has 2 aromatic rings. The first-order chi connectivity index (χ1) is 9.54. The number of aromatic hydroxyl groups is 1. The predicted octanol–water partition coefficient (Wildman–Crippen LogP) is 2.47. The minimum atomic E-state index is -0.222. The number of phenolic OH excluding ortho intramolecular Hbond substituents is 1. The highest BCUT2D eigenvalue weighted by Crippen LogP contribution is 2.15. The number of anilines is 1. The summed E-state index contributed by atoms with van der Waals surface area (Å²) in [5.41, 5.74) is 7.55. The molecule has 20 heavy (non-hydrogen) atoms. The van der Waals surface area contributed by atoms with E-state index < -0.39 is 0 Å². The van der Waals surface area contributed by atoms with Crippen LogP contribution in [0, 0.1) is 0 Å². The van der Waals surface area contributed by atoms with Crippen LogP contribution >= 0.6 is 12.2 Å². The van der Waals surface area contributed by atoms with E-state index in [0.717, 1.165) is 5.56 Å². The number of phenols is 1. The van der Waals surface area contributed by atoms with Crippen molar-refractivity contribution >= 4 is 28.8 Å². The molecule has 1 amide bonds. The maximum atomic E-state index is 12.1. The summed E-state index contributed by atoms with van der Waals surface area (Å²) in [4.78, 5) is 12.5. The van der Waals surface area contributed by atoms with E-state index >= 15 is 0 Å². The molecule has 0 aliphatic heterocycles. The van der Waals surface area contributed by atoms with Crippen molar-refractivity contribution in [3.8, 4) is 5.75 Å². The summed E-state index contributed by atoms with van der Waals surface area (Å²) in [6.07, 6.45) is 0.468. The molecule has 0 unspecified atom stereocenters. The molecule has 102 valence electrons. The summed E-state index contributed by atoms with van der Waals surface area (Å²) in [7, 11) is 0. The van der Waals surface area contributed by atoms with Crippen LogP contribution < -0.4 is 11.1 Å². The van der Waals surface area contributed by atoms with E-state index in [1.54, 1.807) is 30.3 Å². The molecule has 0 heterocycles. The molecule has 0 radical (unpaired) electrons. The van der Waals surface area contributed by atoms with Crippen molar-refractivity contribution in [3.63, 3.8) is 0 Å². The highest BCUT2D eigenvalue weighted by molar-refractivity contribution is 7.80. The second-order valence-electron chi connectivity index (χ2n) is 4.34. The molecule has 0 bridgehead atoms. The quantitative estimate of drug-likeness (QED) is 0.596. The zero-order chi connectivity index (χ0) is 14.5. The Hall–Kier alpha value is -2.40. The largest absolute Gasteiger partial charge is 0.508 e. The third-order valence-corrected chi connectivity index (χ3v) is 2.84. The van der Waals surface area contributed by atoms with Crippen LogP contribution in [0.3, 0.4) is 0 Å². The monoisotopic (exact) mass is 286 g/mol. The van der Waals surface area contributed by atoms with Gasteiger partial charge in [-0.05, 0) is 42.0 Å².